The van der Waals surface area contributed by atoms with Crippen molar-refractivity contribution in [3.63, 3.8) is 0 Å². The molecule has 0 saturated carbocycles. The molecule has 0 aliphatic rings. The monoisotopic (exact) mass is 135 g/mol. The smallest absolute Gasteiger partial charge is 0.225 e. The fraction of sp³-hybridized carbons (Fsp3) is 0.125. The summed E-state index contributed by atoms with van der Waals surface area (Å²) in [6.07, 6.45) is 5.00. The van der Waals surface area contributed by atoms with Crippen LogP contribution in [-0.2, 0) is 0 Å². The van der Waals surface area contributed by atoms with Gasteiger partial charge in [0.15, 0.2) is 0 Å². The number of rotatable bonds is 2. The molecule has 2 heteroatoms. The van der Waals surface area contributed by atoms with Crippen LogP contribution >= 0.6 is 0 Å². The third kappa shape index (κ3) is 1.16. The minimum atomic E-state index is 0.623. The van der Waals surface area contributed by atoms with Gasteiger partial charge in [0.1, 0.15) is 0 Å². The molecule has 0 radical (unpaired) electrons. The molecule has 1 aromatic rings. The van der Waals surface area contributed by atoms with Crippen LogP contribution in [0.1, 0.15) is 12.5 Å². The zero-order valence-corrected chi connectivity index (χ0v) is 5.87. The van der Waals surface area contributed by atoms with E-state index in [1.807, 2.05) is 13.0 Å². The first-order chi connectivity index (χ1) is 4.88. The second-order valence-corrected chi connectivity index (χ2v) is 1.77. The van der Waals surface area contributed by atoms with E-state index in [9.17, 15) is 0 Å². The number of aliphatic imine (C=N–C) groups is 1. The summed E-state index contributed by atoms with van der Waals surface area (Å²) in [6, 6.07) is 1.83. The molecule has 0 saturated heterocycles. The average molecular weight is 135 g/mol. The largest absolute Gasteiger partial charge is 0.446 e. The van der Waals surface area contributed by atoms with Crippen LogP contribution in [0.25, 0.3) is 6.08 Å². The molecule has 0 amide bonds. The Balaban J connectivity index is 3.00. The molecule has 10 heavy (non-hydrogen) atoms. The average Bonchev–Trinajstić information content (AvgIpc) is 2.36. The molecule has 1 aromatic heterocycles. The molecule has 0 spiro atoms. The van der Waals surface area contributed by atoms with E-state index in [1.54, 1.807) is 18.6 Å². The lowest BCUT2D eigenvalue weighted by Crippen LogP contribution is -1.63. The van der Waals surface area contributed by atoms with Crippen LogP contribution in [-0.4, -0.2) is 6.21 Å². The zero-order chi connectivity index (χ0) is 7.40. The van der Waals surface area contributed by atoms with Crippen molar-refractivity contribution in [1.29, 1.82) is 0 Å². The molecule has 0 atom stereocenters. The molecule has 1 rings (SSSR count). The van der Waals surface area contributed by atoms with Crippen LogP contribution in [0.2, 0.25) is 0 Å². The van der Waals surface area contributed by atoms with Crippen molar-refractivity contribution < 1.29 is 4.42 Å². The van der Waals surface area contributed by atoms with Crippen LogP contribution in [0.4, 0.5) is 5.88 Å². The van der Waals surface area contributed by atoms with Crippen LogP contribution in [0, 0.1) is 0 Å². The minimum Gasteiger partial charge on any atom is -0.446 e. The Morgan fingerprint density at radius 3 is 3.10 bits per heavy atom. The van der Waals surface area contributed by atoms with Crippen molar-refractivity contribution in [2.45, 2.75) is 6.92 Å². The van der Waals surface area contributed by atoms with Gasteiger partial charge >= 0.3 is 0 Å². The van der Waals surface area contributed by atoms with Gasteiger partial charge in [-0.3, -0.25) is 0 Å². The summed E-state index contributed by atoms with van der Waals surface area (Å²) in [5, 5.41) is 0. The van der Waals surface area contributed by atoms with Gasteiger partial charge in [-0.05, 0) is 13.0 Å². The van der Waals surface area contributed by atoms with E-state index in [2.05, 4.69) is 11.6 Å². The first kappa shape index (κ1) is 6.81. The lowest BCUT2D eigenvalue weighted by Gasteiger charge is -1.85. The quantitative estimate of drug-likeness (QED) is 0.572. The predicted octanol–water partition coefficient (Wildman–Crippen LogP) is 2.64. The Hall–Kier alpha value is -1.31. The van der Waals surface area contributed by atoms with Crippen molar-refractivity contribution in [3.8, 4) is 0 Å². The molecule has 0 aromatic carbocycles. The van der Waals surface area contributed by atoms with Gasteiger partial charge in [0.2, 0.25) is 5.88 Å². The van der Waals surface area contributed by atoms with E-state index in [-0.39, 0.29) is 0 Å². The summed E-state index contributed by atoms with van der Waals surface area (Å²) in [4.78, 5) is 3.97. The lowest BCUT2D eigenvalue weighted by molar-refractivity contribution is 0.578. The van der Waals surface area contributed by atoms with Gasteiger partial charge in [0.25, 0.3) is 0 Å². The molecule has 0 aliphatic heterocycles. The Labute approximate surface area is 59.9 Å². The molecule has 2 nitrogen and oxygen atoms in total. The summed E-state index contributed by atoms with van der Waals surface area (Å²) in [7, 11) is 0. The van der Waals surface area contributed by atoms with Gasteiger partial charge in [0, 0.05) is 11.8 Å². The number of furan rings is 1. The van der Waals surface area contributed by atoms with Crippen molar-refractivity contribution in [2.75, 3.05) is 0 Å². The topological polar surface area (TPSA) is 25.5 Å². The van der Waals surface area contributed by atoms with E-state index in [4.69, 9.17) is 4.42 Å². The van der Waals surface area contributed by atoms with E-state index in [0.717, 1.165) is 5.56 Å². The number of hydrogen-bond acceptors (Lipinski definition) is 2. The third-order valence-corrected chi connectivity index (χ3v) is 1.14. The highest BCUT2D eigenvalue weighted by atomic mass is 16.3. The van der Waals surface area contributed by atoms with Gasteiger partial charge < -0.3 is 4.42 Å². The van der Waals surface area contributed by atoms with Crippen molar-refractivity contribution in [3.05, 3.63) is 24.5 Å². The summed E-state index contributed by atoms with van der Waals surface area (Å²) >= 11 is 0. The first-order valence-corrected chi connectivity index (χ1v) is 3.07. The third-order valence-electron chi connectivity index (χ3n) is 1.14. The van der Waals surface area contributed by atoms with Crippen LogP contribution in [0.5, 0.6) is 0 Å². The highest BCUT2D eigenvalue weighted by Crippen LogP contribution is 2.20. The van der Waals surface area contributed by atoms with Crippen LogP contribution in [0.3, 0.4) is 0 Å². The highest BCUT2D eigenvalue weighted by molar-refractivity contribution is 5.64. The summed E-state index contributed by atoms with van der Waals surface area (Å²) in [5.41, 5.74) is 0.929. The Morgan fingerprint density at radius 1 is 1.70 bits per heavy atom. The maximum Gasteiger partial charge on any atom is 0.225 e. The molecule has 52 valence electrons. The summed E-state index contributed by atoms with van der Waals surface area (Å²) < 4.78 is 5.03. The van der Waals surface area contributed by atoms with Gasteiger partial charge in [-0.15, -0.1) is 0 Å². The van der Waals surface area contributed by atoms with Gasteiger partial charge in [-0.2, -0.15) is 0 Å². The number of hydrogen-bond donors (Lipinski definition) is 0. The molecule has 0 N–H and O–H groups in total. The second-order valence-electron chi connectivity index (χ2n) is 1.77. The van der Waals surface area contributed by atoms with E-state index >= 15 is 0 Å². The maximum absolute atomic E-state index is 5.03. The fourth-order valence-corrected chi connectivity index (χ4v) is 0.689. The Kier molecular flexibility index (Phi) is 2.05. The minimum absolute atomic E-state index is 0.623. The summed E-state index contributed by atoms with van der Waals surface area (Å²) in [6.45, 7) is 5.45. The molecule has 0 bridgehead atoms. The SMILES string of the molecule is C=Cc1ccoc1/N=C\C. The fourth-order valence-electron chi connectivity index (χ4n) is 0.689. The second kappa shape index (κ2) is 3.01. The van der Waals surface area contributed by atoms with Crippen LogP contribution < -0.4 is 0 Å². The molecule has 0 unspecified atom stereocenters. The predicted molar refractivity (Wildman–Crippen MR) is 42.6 cm³/mol. The van der Waals surface area contributed by atoms with Gasteiger partial charge in [-0.25, -0.2) is 4.99 Å². The van der Waals surface area contributed by atoms with E-state index in [1.165, 1.54) is 0 Å². The van der Waals surface area contributed by atoms with E-state index < -0.39 is 0 Å². The van der Waals surface area contributed by atoms with E-state index in [0.29, 0.717) is 5.88 Å². The molecule has 0 aliphatic carbocycles. The Morgan fingerprint density at radius 2 is 2.50 bits per heavy atom. The van der Waals surface area contributed by atoms with Gasteiger partial charge in [-0.1, -0.05) is 12.7 Å². The highest BCUT2D eigenvalue weighted by Gasteiger charge is 1.97. The van der Waals surface area contributed by atoms with Crippen molar-refractivity contribution in [1.82, 2.24) is 0 Å². The normalized spacial score (nSPS) is 10.5. The standard InChI is InChI=1S/C8H9NO/c1-3-7-5-6-10-8(7)9-4-2/h3-6H,1H2,2H3/b9-4-. The van der Waals surface area contributed by atoms with Crippen LogP contribution in [0.15, 0.2) is 28.3 Å². The first-order valence-electron chi connectivity index (χ1n) is 3.07. The summed E-state index contributed by atoms with van der Waals surface area (Å²) in [5.74, 6) is 0.623. The lowest BCUT2D eigenvalue weighted by atomic mass is 10.3. The van der Waals surface area contributed by atoms with Crippen molar-refractivity contribution >= 4 is 18.2 Å². The molecular formula is C8H9NO. The molecular weight excluding hydrogens is 126 g/mol. The van der Waals surface area contributed by atoms with Crippen molar-refractivity contribution in [2.24, 2.45) is 4.99 Å². The van der Waals surface area contributed by atoms with Gasteiger partial charge in [0.05, 0.1) is 6.26 Å². The number of nitrogens with zero attached hydrogens (tertiary/aromatic N) is 1. The Bertz CT molecular complexity index is 248. The molecule has 1 heterocycles. The maximum atomic E-state index is 5.03. The molecule has 0 fully saturated rings. The zero-order valence-electron chi connectivity index (χ0n) is 5.87.